The molecule has 2 aromatic carbocycles. The number of benzene rings is 2. The number of rotatable bonds is 6. The first-order chi connectivity index (χ1) is 11.6. The molecule has 24 heavy (non-hydrogen) atoms. The molecule has 5 nitrogen and oxygen atoms in total. The molecule has 0 radical (unpaired) electrons. The van der Waals surface area contributed by atoms with Gasteiger partial charge in [-0.15, -0.1) is 0 Å². The van der Waals surface area contributed by atoms with Crippen LogP contribution >= 0.6 is 0 Å². The minimum Gasteiger partial charge on any atom is -0.493 e. The van der Waals surface area contributed by atoms with Crippen molar-refractivity contribution in [2.45, 2.75) is 26.4 Å². The van der Waals surface area contributed by atoms with Crippen LogP contribution in [0.5, 0.6) is 17.2 Å². The molecule has 0 aliphatic rings. The highest BCUT2D eigenvalue weighted by Crippen LogP contribution is 2.30. The van der Waals surface area contributed by atoms with E-state index < -0.39 is 0 Å². The number of methoxy groups -OCH3 is 1. The van der Waals surface area contributed by atoms with Crippen LogP contribution in [0.1, 0.15) is 19.4 Å². The summed E-state index contributed by atoms with van der Waals surface area (Å²) in [6.07, 6.45) is 0. The van der Waals surface area contributed by atoms with Crippen LogP contribution < -0.4 is 20.1 Å². The number of guanidine groups is 1. The Morgan fingerprint density at radius 1 is 1.04 bits per heavy atom. The molecule has 0 amide bonds. The van der Waals surface area contributed by atoms with E-state index in [2.05, 4.69) is 29.5 Å². The number of nitrogens with one attached hydrogen (secondary N) is 2. The third kappa shape index (κ3) is 5.19. The lowest BCUT2D eigenvalue weighted by Crippen LogP contribution is -2.40. The van der Waals surface area contributed by atoms with E-state index in [1.165, 1.54) is 0 Å². The second-order valence-electron chi connectivity index (χ2n) is 5.62. The molecule has 0 heterocycles. The molecular weight excluding hydrogens is 302 g/mol. The molecule has 0 fully saturated rings. The fraction of sp³-hybridized carbons (Fsp3) is 0.316. The highest BCUT2D eigenvalue weighted by molar-refractivity contribution is 5.79. The summed E-state index contributed by atoms with van der Waals surface area (Å²) in [5.74, 6) is 2.98. The second-order valence-corrected chi connectivity index (χ2v) is 5.62. The molecule has 0 aliphatic carbocycles. The van der Waals surface area contributed by atoms with Gasteiger partial charge in [0.05, 0.1) is 7.11 Å². The van der Waals surface area contributed by atoms with E-state index in [4.69, 9.17) is 9.47 Å². The Hall–Kier alpha value is -2.69. The zero-order valence-corrected chi connectivity index (χ0v) is 14.7. The Balaban J connectivity index is 1.95. The van der Waals surface area contributed by atoms with E-state index in [0.717, 1.165) is 17.3 Å². The molecule has 128 valence electrons. The van der Waals surface area contributed by atoms with E-state index >= 15 is 0 Å². The van der Waals surface area contributed by atoms with Crippen LogP contribution in [0.25, 0.3) is 0 Å². The van der Waals surface area contributed by atoms with Gasteiger partial charge in [0.25, 0.3) is 0 Å². The largest absolute Gasteiger partial charge is 0.493 e. The summed E-state index contributed by atoms with van der Waals surface area (Å²) >= 11 is 0. The minimum absolute atomic E-state index is 0.341. The van der Waals surface area contributed by atoms with Crippen molar-refractivity contribution in [3.63, 3.8) is 0 Å². The summed E-state index contributed by atoms with van der Waals surface area (Å²) < 4.78 is 11.2. The van der Waals surface area contributed by atoms with Gasteiger partial charge in [0, 0.05) is 19.6 Å². The number of ether oxygens (including phenoxy) is 2. The highest BCUT2D eigenvalue weighted by atomic mass is 16.5. The number of hydrogen-bond acceptors (Lipinski definition) is 3. The first-order valence-electron chi connectivity index (χ1n) is 7.99. The van der Waals surface area contributed by atoms with Gasteiger partial charge in [-0.1, -0.05) is 24.3 Å². The Kier molecular flexibility index (Phi) is 6.49. The summed E-state index contributed by atoms with van der Waals surface area (Å²) in [4.78, 5) is 4.19. The van der Waals surface area contributed by atoms with Crippen molar-refractivity contribution >= 4 is 5.96 Å². The van der Waals surface area contributed by atoms with Crippen LogP contribution in [-0.2, 0) is 6.54 Å². The molecule has 0 saturated carbocycles. The van der Waals surface area contributed by atoms with Gasteiger partial charge in [0.2, 0.25) is 0 Å². The van der Waals surface area contributed by atoms with E-state index in [1.54, 1.807) is 14.2 Å². The molecule has 0 aliphatic heterocycles. The molecule has 0 aromatic heterocycles. The van der Waals surface area contributed by atoms with Gasteiger partial charge in [-0.3, -0.25) is 4.99 Å². The van der Waals surface area contributed by atoms with Gasteiger partial charge in [0.15, 0.2) is 17.5 Å². The van der Waals surface area contributed by atoms with Gasteiger partial charge in [0.1, 0.15) is 5.75 Å². The lowest BCUT2D eigenvalue weighted by Gasteiger charge is -2.14. The van der Waals surface area contributed by atoms with Crippen molar-refractivity contribution in [2.75, 3.05) is 14.2 Å². The van der Waals surface area contributed by atoms with Crippen LogP contribution in [0.2, 0.25) is 0 Å². The zero-order chi connectivity index (χ0) is 17.4. The fourth-order valence-corrected chi connectivity index (χ4v) is 2.16. The predicted octanol–water partition coefficient (Wildman–Crippen LogP) is 3.56. The first-order valence-corrected chi connectivity index (χ1v) is 7.99. The van der Waals surface area contributed by atoms with Crippen LogP contribution in [0.4, 0.5) is 0 Å². The van der Waals surface area contributed by atoms with Crippen molar-refractivity contribution in [1.82, 2.24) is 10.6 Å². The third-order valence-electron chi connectivity index (χ3n) is 3.33. The number of aliphatic imine (C=N–C) groups is 1. The molecule has 0 atom stereocenters. The van der Waals surface area contributed by atoms with Crippen LogP contribution in [-0.4, -0.2) is 26.2 Å². The summed E-state index contributed by atoms with van der Waals surface area (Å²) in [5.41, 5.74) is 1.15. The molecule has 0 spiro atoms. The maximum Gasteiger partial charge on any atom is 0.191 e. The van der Waals surface area contributed by atoms with Crippen molar-refractivity contribution in [2.24, 2.45) is 4.99 Å². The van der Waals surface area contributed by atoms with Crippen LogP contribution in [0, 0.1) is 0 Å². The molecule has 2 aromatic rings. The summed E-state index contributed by atoms with van der Waals surface area (Å²) in [5, 5.41) is 6.54. The molecule has 0 saturated heterocycles. The smallest absolute Gasteiger partial charge is 0.191 e. The minimum atomic E-state index is 0.341. The molecule has 2 rings (SSSR count). The normalized spacial score (nSPS) is 11.3. The van der Waals surface area contributed by atoms with Gasteiger partial charge >= 0.3 is 0 Å². The quantitative estimate of drug-likeness (QED) is 0.629. The van der Waals surface area contributed by atoms with Crippen molar-refractivity contribution in [3.05, 3.63) is 54.1 Å². The fourth-order valence-electron chi connectivity index (χ4n) is 2.16. The van der Waals surface area contributed by atoms with E-state index in [1.807, 2.05) is 48.5 Å². The average Bonchev–Trinajstić information content (AvgIpc) is 2.60. The zero-order valence-electron chi connectivity index (χ0n) is 14.7. The number of nitrogens with zero attached hydrogens (tertiary/aromatic N) is 1. The van der Waals surface area contributed by atoms with Crippen LogP contribution in [0.15, 0.2) is 53.5 Å². The van der Waals surface area contributed by atoms with Crippen molar-refractivity contribution in [3.8, 4) is 17.2 Å². The lowest BCUT2D eigenvalue weighted by atomic mass is 10.2. The monoisotopic (exact) mass is 327 g/mol. The third-order valence-corrected chi connectivity index (χ3v) is 3.33. The first kappa shape index (κ1) is 17.7. The molecule has 0 unspecified atom stereocenters. The average molecular weight is 327 g/mol. The van der Waals surface area contributed by atoms with Crippen molar-refractivity contribution in [1.29, 1.82) is 0 Å². The van der Waals surface area contributed by atoms with Gasteiger partial charge in [-0.05, 0) is 43.7 Å². The van der Waals surface area contributed by atoms with Gasteiger partial charge in [-0.2, -0.15) is 0 Å². The Labute approximate surface area is 143 Å². The van der Waals surface area contributed by atoms with E-state index in [0.29, 0.717) is 24.1 Å². The maximum atomic E-state index is 5.87. The van der Waals surface area contributed by atoms with Crippen molar-refractivity contribution < 1.29 is 9.47 Å². The van der Waals surface area contributed by atoms with Gasteiger partial charge < -0.3 is 20.1 Å². The summed E-state index contributed by atoms with van der Waals surface area (Å²) in [6, 6.07) is 15.9. The Morgan fingerprint density at radius 3 is 2.29 bits per heavy atom. The molecule has 0 bridgehead atoms. The maximum absolute atomic E-state index is 5.87. The van der Waals surface area contributed by atoms with Crippen LogP contribution in [0.3, 0.4) is 0 Å². The summed E-state index contributed by atoms with van der Waals surface area (Å²) in [7, 11) is 3.40. The second kappa shape index (κ2) is 8.82. The topological polar surface area (TPSA) is 54.9 Å². The summed E-state index contributed by atoms with van der Waals surface area (Å²) in [6.45, 7) is 4.86. The van der Waals surface area contributed by atoms with E-state index in [-0.39, 0.29) is 0 Å². The Morgan fingerprint density at radius 2 is 1.71 bits per heavy atom. The Bertz CT molecular complexity index is 667. The van der Waals surface area contributed by atoms with Gasteiger partial charge in [-0.25, -0.2) is 0 Å². The molecule has 2 N–H and O–H groups in total. The predicted molar refractivity (Wildman–Crippen MR) is 98.0 cm³/mol. The molecular formula is C19H25N3O2. The van der Waals surface area contributed by atoms with E-state index in [9.17, 15) is 0 Å². The number of para-hydroxylation sites is 2. The number of hydrogen-bond donors (Lipinski definition) is 2. The molecule has 5 heteroatoms. The highest BCUT2D eigenvalue weighted by Gasteiger charge is 2.05. The SMILES string of the molecule is CN=C(NCc1ccc(Oc2ccccc2OC)cc1)NC(C)C. The lowest BCUT2D eigenvalue weighted by molar-refractivity contribution is 0.379. The standard InChI is InChI=1S/C19H25N3O2/c1-14(2)22-19(20-3)21-13-15-9-11-16(12-10-15)24-18-8-6-5-7-17(18)23-4/h5-12,14H,13H2,1-4H3,(H2,20,21,22).